The molecule has 0 saturated carbocycles. The van der Waals surface area contributed by atoms with Gasteiger partial charge in [0.25, 0.3) is 11.8 Å². The van der Waals surface area contributed by atoms with Crippen LogP contribution in [0.15, 0.2) is 54.6 Å². The molecule has 2 amide bonds. The summed E-state index contributed by atoms with van der Waals surface area (Å²) in [7, 11) is 1.57. The number of benzene rings is 2. The second kappa shape index (κ2) is 9.34. The van der Waals surface area contributed by atoms with Gasteiger partial charge in [-0.15, -0.1) is 0 Å². The first-order chi connectivity index (χ1) is 13.6. The smallest absolute Gasteiger partial charge is 0.262 e. The van der Waals surface area contributed by atoms with Crippen molar-refractivity contribution in [3.63, 3.8) is 0 Å². The summed E-state index contributed by atoms with van der Waals surface area (Å²) in [4.78, 5) is 24.7. The van der Waals surface area contributed by atoms with E-state index in [1.807, 2.05) is 18.2 Å². The Balaban J connectivity index is 1.56. The molecule has 1 aliphatic heterocycles. The minimum atomic E-state index is -0.822. The van der Waals surface area contributed by atoms with Gasteiger partial charge in [0.05, 0.1) is 0 Å². The fourth-order valence-corrected chi connectivity index (χ4v) is 3.13. The molecule has 7 heteroatoms. The van der Waals surface area contributed by atoms with Crippen molar-refractivity contribution in [2.45, 2.75) is 18.4 Å². The molecule has 148 valence electrons. The second-order valence-corrected chi connectivity index (χ2v) is 6.63. The molecule has 1 aliphatic rings. The van der Waals surface area contributed by atoms with Gasteiger partial charge in [-0.3, -0.25) is 9.59 Å². The first-order valence-corrected chi connectivity index (χ1v) is 9.26. The van der Waals surface area contributed by atoms with Gasteiger partial charge in [0.1, 0.15) is 11.4 Å². The number of carbonyl (C=O) groups excluding carboxylic acids is 2. The lowest BCUT2D eigenvalue weighted by atomic mass is 9.91. The summed E-state index contributed by atoms with van der Waals surface area (Å²) in [5.41, 5.74) is 0.488. The maximum absolute atomic E-state index is 12.7. The van der Waals surface area contributed by atoms with Gasteiger partial charge in [0.15, 0.2) is 6.61 Å². The predicted molar refractivity (Wildman–Crippen MR) is 107 cm³/mol. The number of anilines is 2. The highest BCUT2D eigenvalue weighted by atomic mass is 16.5. The van der Waals surface area contributed by atoms with Crippen molar-refractivity contribution >= 4 is 23.2 Å². The Morgan fingerprint density at radius 3 is 2.43 bits per heavy atom. The molecule has 3 N–H and O–H groups in total. The zero-order valence-electron chi connectivity index (χ0n) is 15.9. The van der Waals surface area contributed by atoms with Crippen molar-refractivity contribution < 1.29 is 19.1 Å². The zero-order chi connectivity index (χ0) is 19.8. The summed E-state index contributed by atoms with van der Waals surface area (Å²) >= 11 is 0. The van der Waals surface area contributed by atoms with Crippen LogP contribution in [-0.4, -0.2) is 44.2 Å². The van der Waals surface area contributed by atoms with E-state index in [1.54, 1.807) is 43.5 Å². The Morgan fingerprint density at radius 1 is 1.00 bits per heavy atom. The quantitative estimate of drug-likeness (QED) is 0.683. The van der Waals surface area contributed by atoms with Crippen molar-refractivity contribution in [3.8, 4) is 5.75 Å². The standard InChI is InChI=1S/C21H25N3O4/c1-27-21(10-12-22-13-11-21)20(26)24-17-8-5-9-18(14-17)28-15-19(25)23-16-6-3-2-4-7-16/h2-9,14,22H,10-13,15H2,1H3,(H,23,25)(H,24,26). The third kappa shape index (κ3) is 5.09. The van der Waals surface area contributed by atoms with Crippen molar-refractivity contribution in [1.29, 1.82) is 0 Å². The van der Waals surface area contributed by atoms with E-state index < -0.39 is 5.60 Å². The van der Waals surface area contributed by atoms with E-state index in [0.717, 1.165) is 13.1 Å². The minimum absolute atomic E-state index is 0.125. The van der Waals surface area contributed by atoms with E-state index >= 15 is 0 Å². The first kappa shape index (κ1) is 19.9. The lowest BCUT2D eigenvalue weighted by Crippen LogP contribution is -2.51. The van der Waals surface area contributed by atoms with Gasteiger partial charge < -0.3 is 25.4 Å². The number of para-hydroxylation sites is 1. The van der Waals surface area contributed by atoms with E-state index in [4.69, 9.17) is 9.47 Å². The van der Waals surface area contributed by atoms with Crippen molar-refractivity contribution in [2.75, 3.05) is 37.4 Å². The summed E-state index contributed by atoms with van der Waals surface area (Å²) in [5, 5.41) is 8.89. The number of methoxy groups -OCH3 is 1. The van der Waals surface area contributed by atoms with Crippen molar-refractivity contribution in [2.24, 2.45) is 0 Å². The molecule has 3 rings (SSSR count). The summed E-state index contributed by atoms with van der Waals surface area (Å²) in [6.07, 6.45) is 1.23. The molecule has 28 heavy (non-hydrogen) atoms. The first-order valence-electron chi connectivity index (χ1n) is 9.26. The van der Waals surface area contributed by atoms with Crippen LogP contribution < -0.4 is 20.7 Å². The van der Waals surface area contributed by atoms with Gasteiger partial charge in [-0.05, 0) is 50.2 Å². The Bertz CT molecular complexity index is 804. The molecule has 2 aromatic carbocycles. The Morgan fingerprint density at radius 2 is 1.71 bits per heavy atom. The zero-order valence-corrected chi connectivity index (χ0v) is 15.9. The molecular formula is C21H25N3O4. The number of nitrogens with one attached hydrogen (secondary N) is 3. The maximum atomic E-state index is 12.7. The normalized spacial score (nSPS) is 15.5. The highest BCUT2D eigenvalue weighted by Gasteiger charge is 2.39. The fourth-order valence-electron chi connectivity index (χ4n) is 3.13. The Kier molecular flexibility index (Phi) is 6.62. The molecule has 1 heterocycles. The van der Waals surface area contributed by atoms with E-state index in [2.05, 4.69) is 16.0 Å². The topological polar surface area (TPSA) is 88.7 Å². The summed E-state index contributed by atoms with van der Waals surface area (Å²) in [5.74, 6) is 0.0712. The summed E-state index contributed by atoms with van der Waals surface area (Å²) < 4.78 is 11.1. The maximum Gasteiger partial charge on any atom is 0.262 e. The molecule has 7 nitrogen and oxygen atoms in total. The van der Waals surface area contributed by atoms with Crippen LogP contribution in [0.1, 0.15) is 12.8 Å². The van der Waals surface area contributed by atoms with E-state index in [1.165, 1.54) is 0 Å². The van der Waals surface area contributed by atoms with Crippen LogP contribution in [0, 0.1) is 0 Å². The number of hydrogen-bond donors (Lipinski definition) is 3. The number of ether oxygens (including phenoxy) is 2. The van der Waals surface area contributed by atoms with Gasteiger partial charge in [-0.1, -0.05) is 24.3 Å². The molecule has 1 fully saturated rings. The number of piperidine rings is 1. The van der Waals surface area contributed by atoms with Crippen molar-refractivity contribution in [1.82, 2.24) is 5.32 Å². The van der Waals surface area contributed by atoms with E-state index in [-0.39, 0.29) is 18.4 Å². The fraction of sp³-hybridized carbons (Fsp3) is 0.333. The van der Waals surface area contributed by atoms with Crippen LogP contribution in [0.25, 0.3) is 0 Å². The molecule has 0 bridgehead atoms. The van der Waals surface area contributed by atoms with Crippen molar-refractivity contribution in [3.05, 3.63) is 54.6 Å². The largest absolute Gasteiger partial charge is 0.484 e. The van der Waals surface area contributed by atoms with E-state index in [0.29, 0.717) is 30.0 Å². The minimum Gasteiger partial charge on any atom is -0.484 e. The SMILES string of the molecule is COC1(C(=O)Nc2cccc(OCC(=O)Nc3ccccc3)c2)CCNCC1. The number of hydrogen-bond acceptors (Lipinski definition) is 5. The molecular weight excluding hydrogens is 358 g/mol. The number of amides is 2. The summed E-state index contributed by atoms with van der Waals surface area (Å²) in [6, 6.07) is 16.2. The molecule has 0 spiro atoms. The molecule has 0 aliphatic carbocycles. The number of rotatable bonds is 7. The van der Waals surface area contributed by atoms with Gasteiger partial charge in [0.2, 0.25) is 0 Å². The van der Waals surface area contributed by atoms with Crippen LogP contribution in [0.5, 0.6) is 5.75 Å². The molecule has 2 aromatic rings. The third-order valence-corrected chi connectivity index (χ3v) is 4.74. The third-order valence-electron chi connectivity index (χ3n) is 4.74. The second-order valence-electron chi connectivity index (χ2n) is 6.63. The van der Waals surface area contributed by atoms with Crippen LogP contribution in [0.2, 0.25) is 0 Å². The monoisotopic (exact) mass is 383 g/mol. The van der Waals surface area contributed by atoms with Gasteiger partial charge >= 0.3 is 0 Å². The lowest BCUT2D eigenvalue weighted by Gasteiger charge is -2.34. The summed E-state index contributed by atoms with van der Waals surface area (Å²) in [6.45, 7) is 1.35. The molecule has 0 atom stereocenters. The van der Waals surface area contributed by atoms with Gasteiger partial charge in [-0.25, -0.2) is 0 Å². The highest BCUT2D eigenvalue weighted by Crippen LogP contribution is 2.25. The van der Waals surface area contributed by atoms with Gasteiger partial charge in [-0.2, -0.15) is 0 Å². The lowest BCUT2D eigenvalue weighted by molar-refractivity contribution is -0.140. The van der Waals surface area contributed by atoms with Crippen LogP contribution in [0.4, 0.5) is 11.4 Å². The molecule has 1 saturated heterocycles. The molecule has 0 aromatic heterocycles. The van der Waals surface area contributed by atoms with Crippen LogP contribution >= 0.6 is 0 Å². The average Bonchev–Trinajstić information content (AvgIpc) is 2.74. The van der Waals surface area contributed by atoms with Crippen LogP contribution in [-0.2, 0) is 14.3 Å². The van der Waals surface area contributed by atoms with Gasteiger partial charge in [0, 0.05) is 24.6 Å². The Labute approximate surface area is 164 Å². The Hall–Kier alpha value is -2.90. The molecule has 0 radical (unpaired) electrons. The predicted octanol–water partition coefficient (Wildman–Crippen LogP) is 2.41. The van der Waals surface area contributed by atoms with E-state index in [9.17, 15) is 9.59 Å². The molecule has 0 unspecified atom stereocenters. The average molecular weight is 383 g/mol. The number of carbonyl (C=O) groups is 2. The van der Waals surface area contributed by atoms with Crippen LogP contribution in [0.3, 0.4) is 0 Å². The highest BCUT2D eigenvalue weighted by molar-refractivity contribution is 5.97.